The maximum Gasteiger partial charge on any atom is 0.244 e. The van der Waals surface area contributed by atoms with Crippen molar-refractivity contribution in [1.29, 1.82) is 5.26 Å². The van der Waals surface area contributed by atoms with Crippen LogP contribution in [-0.2, 0) is 16.0 Å². The minimum Gasteiger partial charge on any atom is -0.344 e. The number of nitrogens with zero attached hydrogens (tertiary/aromatic N) is 2. The largest absolute Gasteiger partial charge is 0.344 e. The van der Waals surface area contributed by atoms with Crippen LogP contribution in [0.1, 0.15) is 31.9 Å². The highest BCUT2D eigenvalue weighted by atomic mass is 16.2. The molecular formula is C16H21N3O2. The van der Waals surface area contributed by atoms with Crippen LogP contribution < -0.4 is 5.32 Å². The molecule has 0 bridgehead atoms. The van der Waals surface area contributed by atoms with Crippen LogP contribution in [0.2, 0.25) is 0 Å². The normalized spacial score (nSPS) is 11.3. The van der Waals surface area contributed by atoms with Gasteiger partial charge in [0.25, 0.3) is 0 Å². The summed E-state index contributed by atoms with van der Waals surface area (Å²) in [4.78, 5) is 25.7. The van der Waals surface area contributed by atoms with Gasteiger partial charge in [-0.3, -0.25) is 9.59 Å². The molecule has 1 N–H and O–H groups in total. The number of hydrogen-bond donors (Lipinski definition) is 1. The van der Waals surface area contributed by atoms with E-state index in [-0.39, 0.29) is 18.2 Å². The molecule has 0 fully saturated rings. The van der Waals surface area contributed by atoms with E-state index in [9.17, 15) is 9.59 Å². The van der Waals surface area contributed by atoms with Gasteiger partial charge < -0.3 is 10.2 Å². The third kappa shape index (κ3) is 4.92. The zero-order valence-corrected chi connectivity index (χ0v) is 12.7. The van der Waals surface area contributed by atoms with Crippen LogP contribution in [0.25, 0.3) is 0 Å². The van der Waals surface area contributed by atoms with Crippen molar-refractivity contribution in [1.82, 2.24) is 10.2 Å². The summed E-state index contributed by atoms with van der Waals surface area (Å²) in [6.07, 6.45) is 0.196. The summed E-state index contributed by atoms with van der Waals surface area (Å²) in [6.45, 7) is 6.77. The SMILES string of the molecule is CCN(CC)C(=O)C(C)NC(=O)Cc1ccc(C#N)cc1. The van der Waals surface area contributed by atoms with Gasteiger partial charge in [0, 0.05) is 13.1 Å². The van der Waals surface area contributed by atoms with Crippen LogP contribution in [0.4, 0.5) is 0 Å². The molecule has 1 unspecified atom stereocenters. The molecule has 0 heterocycles. The zero-order chi connectivity index (χ0) is 15.8. The van der Waals surface area contributed by atoms with Gasteiger partial charge in [-0.15, -0.1) is 0 Å². The average Bonchev–Trinajstić information content (AvgIpc) is 2.49. The van der Waals surface area contributed by atoms with E-state index in [1.807, 2.05) is 19.9 Å². The van der Waals surface area contributed by atoms with Crippen molar-refractivity contribution >= 4 is 11.8 Å². The lowest BCUT2D eigenvalue weighted by atomic mass is 10.1. The molecule has 0 spiro atoms. The van der Waals surface area contributed by atoms with E-state index in [2.05, 4.69) is 5.32 Å². The lowest BCUT2D eigenvalue weighted by Gasteiger charge is -2.23. The minimum absolute atomic E-state index is 0.0758. The number of hydrogen-bond acceptors (Lipinski definition) is 3. The Labute approximate surface area is 125 Å². The standard InChI is InChI=1S/C16H21N3O2/c1-4-19(5-2)16(21)12(3)18-15(20)10-13-6-8-14(11-17)9-7-13/h6-9,12H,4-5,10H2,1-3H3,(H,18,20). The van der Waals surface area contributed by atoms with Gasteiger partial charge in [-0.05, 0) is 38.5 Å². The number of carbonyl (C=O) groups is 2. The van der Waals surface area contributed by atoms with Gasteiger partial charge in [0.1, 0.15) is 6.04 Å². The molecule has 0 aromatic heterocycles. The van der Waals surface area contributed by atoms with Crippen molar-refractivity contribution < 1.29 is 9.59 Å². The van der Waals surface area contributed by atoms with E-state index >= 15 is 0 Å². The van der Waals surface area contributed by atoms with Crippen LogP contribution >= 0.6 is 0 Å². The highest BCUT2D eigenvalue weighted by Gasteiger charge is 2.19. The van der Waals surface area contributed by atoms with Gasteiger partial charge in [0.05, 0.1) is 18.1 Å². The number of amides is 2. The minimum atomic E-state index is -0.532. The number of likely N-dealkylation sites (N-methyl/N-ethyl adjacent to an activating group) is 1. The first kappa shape index (κ1) is 16.7. The van der Waals surface area contributed by atoms with E-state index in [0.717, 1.165) is 5.56 Å². The maximum absolute atomic E-state index is 12.1. The summed E-state index contributed by atoms with van der Waals surface area (Å²) in [6, 6.07) is 8.34. The molecule has 1 aromatic carbocycles. The van der Waals surface area contributed by atoms with Crippen molar-refractivity contribution in [3.63, 3.8) is 0 Å². The number of benzene rings is 1. The maximum atomic E-state index is 12.1. The van der Waals surface area contributed by atoms with E-state index in [1.54, 1.807) is 36.1 Å². The Hall–Kier alpha value is -2.35. The van der Waals surface area contributed by atoms with Gasteiger partial charge >= 0.3 is 0 Å². The highest BCUT2D eigenvalue weighted by molar-refractivity contribution is 5.88. The summed E-state index contributed by atoms with van der Waals surface area (Å²) < 4.78 is 0. The zero-order valence-electron chi connectivity index (χ0n) is 12.7. The van der Waals surface area contributed by atoms with Crippen LogP contribution in [-0.4, -0.2) is 35.8 Å². The molecule has 0 saturated heterocycles. The second-order valence-electron chi connectivity index (χ2n) is 4.79. The Morgan fingerprint density at radius 3 is 2.29 bits per heavy atom. The van der Waals surface area contributed by atoms with E-state index in [0.29, 0.717) is 18.7 Å². The molecular weight excluding hydrogens is 266 g/mol. The van der Waals surface area contributed by atoms with Crippen LogP contribution in [0.3, 0.4) is 0 Å². The summed E-state index contributed by atoms with van der Waals surface area (Å²) >= 11 is 0. The quantitative estimate of drug-likeness (QED) is 0.861. The molecule has 1 aromatic rings. The summed E-state index contributed by atoms with van der Waals surface area (Å²) in [5.74, 6) is -0.277. The smallest absolute Gasteiger partial charge is 0.244 e. The first-order valence-electron chi connectivity index (χ1n) is 7.09. The lowest BCUT2D eigenvalue weighted by Crippen LogP contribution is -2.47. The van der Waals surface area contributed by atoms with Crippen molar-refractivity contribution in [2.24, 2.45) is 0 Å². The second kappa shape index (κ2) is 8.05. The lowest BCUT2D eigenvalue weighted by molar-refractivity contribution is -0.135. The van der Waals surface area contributed by atoms with Crippen molar-refractivity contribution in [2.45, 2.75) is 33.2 Å². The molecule has 5 nitrogen and oxygen atoms in total. The molecule has 5 heteroatoms. The molecule has 112 valence electrons. The topological polar surface area (TPSA) is 73.2 Å². The summed E-state index contributed by atoms with van der Waals surface area (Å²) in [7, 11) is 0. The Balaban J connectivity index is 2.56. The Kier molecular flexibility index (Phi) is 6.41. The summed E-state index contributed by atoms with van der Waals surface area (Å²) in [5.41, 5.74) is 1.37. The third-order valence-corrected chi connectivity index (χ3v) is 3.27. The molecule has 1 atom stereocenters. The number of nitrogens with one attached hydrogen (secondary N) is 1. The number of nitriles is 1. The predicted molar refractivity (Wildman–Crippen MR) is 80.4 cm³/mol. The molecule has 2 amide bonds. The van der Waals surface area contributed by atoms with Crippen molar-refractivity contribution in [2.75, 3.05) is 13.1 Å². The average molecular weight is 287 g/mol. The van der Waals surface area contributed by atoms with E-state index < -0.39 is 6.04 Å². The van der Waals surface area contributed by atoms with E-state index in [4.69, 9.17) is 5.26 Å². The molecule has 0 aliphatic rings. The van der Waals surface area contributed by atoms with Crippen LogP contribution in [0.5, 0.6) is 0 Å². The molecule has 21 heavy (non-hydrogen) atoms. The third-order valence-electron chi connectivity index (χ3n) is 3.27. The molecule has 0 aliphatic carbocycles. The molecule has 1 rings (SSSR count). The van der Waals surface area contributed by atoms with Crippen LogP contribution in [0.15, 0.2) is 24.3 Å². The Bertz CT molecular complexity index is 527. The highest BCUT2D eigenvalue weighted by Crippen LogP contribution is 2.04. The van der Waals surface area contributed by atoms with Gasteiger partial charge in [0.15, 0.2) is 0 Å². The number of rotatable bonds is 6. The van der Waals surface area contributed by atoms with Gasteiger partial charge in [0.2, 0.25) is 11.8 Å². The molecule has 0 saturated carbocycles. The Morgan fingerprint density at radius 1 is 1.24 bits per heavy atom. The fraction of sp³-hybridized carbons (Fsp3) is 0.438. The fourth-order valence-electron chi connectivity index (χ4n) is 2.05. The summed E-state index contributed by atoms with van der Waals surface area (Å²) in [5, 5.41) is 11.4. The van der Waals surface area contributed by atoms with Gasteiger partial charge in [-0.25, -0.2) is 0 Å². The van der Waals surface area contributed by atoms with Gasteiger partial charge in [-0.2, -0.15) is 5.26 Å². The van der Waals surface area contributed by atoms with Crippen molar-refractivity contribution in [3.8, 4) is 6.07 Å². The van der Waals surface area contributed by atoms with Crippen LogP contribution in [0, 0.1) is 11.3 Å². The Morgan fingerprint density at radius 2 is 1.81 bits per heavy atom. The van der Waals surface area contributed by atoms with E-state index in [1.165, 1.54) is 0 Å². The van der Waals surface area contributed by atoms with Gasteiger partial charge in [-0.1, -0.05) is 12.1 Å². The van der Waals surface area contributed by atoms with Crippen molar-refractivity contribution in [3.05, 3.63) is 35.4 Å². The predicted octanol–water partition coefficient (Wildman–Crippen LogP) is 1.47. The molecule has 0 aliphatic heterocycles. The first-order valence-corrected chi connectivity index (χ1v) is 7.09. The second-order valence-corrected chi connectivity index (χ2v) is 4.79. The molecule has 0 radical (unpaired) electrons. The monoisotopic (exact) mass is 287 g/mol. The first-order chi connectivity index (χ1) is 10.0. The fourth-order valence-corrected chi connectivity index (χ4v) is 2.05. The number of carbonyl (C=O) groups excluding carboxylic acids is 2.